The fourth-order valence-corrected chi connectivity index (χ4v) is 4.26. The van der Waals surface area contributed by atoms with Crippen molar-refractivity contribution in [3.05, 3.63) is 35.9 Å². The highest BCUT2D eigenvalue weighted by Gasteiger charge is 2.50. The van der Waals surface area contributed by atoms with E-state index in [1.807, 2.05) is 32.3 Å². The van der Waals surface area contributed by atoms with E-state index < -0.39 is 0 Å². The first-order valence-electron chi connectivity index (χ1n) is 9.14. The van der Waals surface area contributed by atoms with Crippen LogP contribution in [0.4, 0.5) is 0 Å². The number of rotatable bonds is 6. The normalized spacial score (nSPS) is 27.5. The zero-order valence-corrected chi connectivity index (χ0v) is 15.2. The number of likely N-dealkylation sites (tertiary alicyclic amines) is 1. The van der Waals surface area contributed by atoms with Crippen molar-refractivity contribution < 1.29 is 9.53 Å². The van der Waals surface area contributed by atoms with Crippen molar-refractivity contribution in [3.8, 4) is 0 Å². The smallest absolute Gasteiger partial charge is 0.240 e. The van der Waals surface area contributed by atoms with Gasteiger partial charge in [0, 0.05) is 19.7 Å². The van der Waals surface area contributed by atoms with Crippen LogP contribution in [0.25, 0.3) is 0 Å². The number of benzene rings is 1. The summed E-state index contributed by atoms with van der Waals surface area (Å²) in [6.45, 7) is 4.66. The minimum Gasteiger partial charge on any atom is -0.378 e. The Labute approximate surface area is 145 Å². The van der Waals surface area contributed by atoms with Gasteiger partial charge in [-0.2, -0.15) is 0 Å². The van der Waals surface area contributed by atoms with Crippen LogP contribution >= 0.6 is 0 Å². The van der Waals surface area contributed by atoms with Crippen LogP contribution in [-0.4, -0.2) is 61.6 Å². The number of amides is 1. The van der Waals surface area contributed by atoms with Crippen molar-refractivity contribution in [1.29, 1.82) is 0 Å². The summed E-state index contributed by atoms with van der Waals surface area (Å²) >= 11 is 0. The van der Waals surface area contributed by atoms with Gasteiger partial charge in [-0.3, -0.25) is 9.69 Å². The third-order valence-electron chi connectivity index (χ3n) is 5.65. The van der Waals surface area contributed by atoms with Crippen molar-refractivity contribution in [3.63, 3.8) is 0 Å². The summed E-state index contributed by atoms with van der Waals surface area (Å²) in [6, 6.07) is 10.2. The molecular formula is C20H30N2O2. The molecule has 1 aromatic carbocycles. The van der Waals surface area contributed by atoms with E-state index in [0.29, 0.717) is 11.5 Å². The number of ether oxygens (including phenoxy) is 1. The Bertz CT molecular complexity index is 552. The van der Waals surface area contributed by atoms with Gasteiger partial charge in [-0.15, -0.1) is 0 Å². The van der Waals surface area contributed by atoms with Crippen LogP contribution in [0, 0.1) is 5.41 Å². The Kier molecular flexibility index (Phi) is 5.26. The van der Waals surface area contributed by atoms with Crippen LogP contribution < -0.4 is 0 Å². The second-order valence-electron chi connectivity index (χ2n) is 7.66. The van der Waals surface area contributed by atoms with Crippen LogP contribution in [0.2, 0.25) is 0 Å². The highest BCUT2D eigenvalue weighted by atomic mass is 16.5. The number of nitrogens with zero attached hydrogens (tertiary/aromatic N) is 2. The van der Waals surface area contributed by atoms with Gasteiger partial charge in [-0.05, 0) is 57.7 Å². The first-order valence-corrected chi connectivity index (χ1v) is 9.14. The quantitative estimate of drug-likeness (QED) is 0.804. The first kappa shape index (κ1) is 17.4. The number of hydrogen-bond acceptors (Lipinski definition) is 3. The Balaban J connectivity index is 1.60. The molecule has 1 spiro atoms. The minimum absolute atomic E-state index is 0.0784. The summed E-state index contributed by atoms with van der Waals surface area (Å²) in [6.07, 6.45) is 4.57. The van der Waals surface area contributed by atoms with Gasteiger partial charge in [-0.1, -0.05) is 30.3 Å². The van der Waals surface area contributed by atoms with E-state index in [4.69, 9.17) is 4.74 Å². The number of hydrogen-bond donors (Lipinski definition) is 0. The fourth-order valence-electron chi connectivity index (χ4n) is 4.26. The molecule has 0 bridgehead atoms. The van der Waals surface area contributed by atoms with E-state index in [1.165, 1.54) is 5.56 Å². The molecule has 2 fully saturated rings. The van der Waals surface area contributed by atoms with Gasteiger partial charge in [0.1, 0.15) is 0 Å². The number of carbonyl (C=O) groups excluding carboxylic acids is 1. The van der Waals surface area contributed by atoms with Crippen LogP contribution in [0.1, 0.15) is 31.7 Å². The van der Waals surface area contributed by atoms with Gasteiger partial charge >= 0.3 is 0 Å². The molecule has 0 N–H and O–H groups in total. The lowest BCUT2D eigenvalue weighted by Crippen LogP contribution is -2.49. The van der Waals surface area contributed by atoms with Crippen LogP contribution in [0.3, 0.4) is 0 Å². The summed E-state index contributed by atoms with van der Waals surface area (Å²) in [5.74, 6) is 0.278. The molecule has 1 aliphatic carbocycles. The Morgan fingerprint density at radius 2 is 2.04 bits per heavy atom. The molecule has 0 aromatic heterocycles. The van der Waals surface area contributed by atoms with Gasteiger partial charge in [0.25, 0.3) is 0 Å². The molecule has 1 unspecified atom stereocenters. The van der Waals surface area contributed by atoms with E-state index in [-0.39, 0.29) is 11.9 Å². The van der Waals surface area contributed by atoms with Crippen LogP contribution in [0.5, 0.6) is 0 Å². The number of likely N-dealkylation sites (N-methyl/N-ethyl adjacent to an activating group) is 1. The largest absolute Gasteiger partial charge is 0.378 e. The highest BCUT2D eigenvalue weighted by Crippen LogP contribution is 2.49. The van der Waals surface area contributed by atoms with E-state index in [0.717, 1.165) is 45.4 Å². The topological polar surface area (TPSA) is 32.8 Å². The first-order chi connectivity index (χ1) is 11.5. The second-order valence-corrected chi connectivity index (χ2v) is 7.66. The van der Waals surface area contributed by atoms with E-state index >= 15 is 0 Å². The summed E-state index contributed by atoms with van der Waals surface area (Å²) < 4.78 is 5.71. The molecular weight excluding hydrogens is 300 g/mol. The fraction of sp³-hybridized carbons (Fsp3) is 0.650. The average molecular weight is 330 g/mol. The molecule has 1 saturated heterocycles. The molecule has 3 rings (SSSR count). The molecule has 2 aliphatic rings. The lowest BCUT2D eigenvalue weighted by atomic mass is 9.66. The van der Waals surface area contributed by atoms with Crippen molar-refractivity contribution in [1.82, 2.24) is 9.80 Å². The predicted molar refractivity (Wildman–Crippen MR) is 95.9 cm³/mol. The van der Waals surface area contributed by atoms with Crippen LogP contribution in [-0.2, 0) is 16.0 Å². The maximum absolute atomic E-state index is 13.1. The lowest BCUT2D eigenvalue weighted by molar-refractivity contribution is -0.136. The van der Waals surface area contributed by atoms with Crippen molar-refractivity contribution in [2.75, 3.05) is 33.8 Å². The molecule has 132 valence electrons. The number of carbonyl (C=O) groups is 1. The molecule has 4 heteroatoms. The molecule has 1 aliphatic heterocycles. The summed E-state index contributed by atoms with van der Waals surface area (Å²) in [5, 5.41) is 0. The van der Waals surface area contributed by atoms with Gasteiger partial charge in [0.15, 0.2) is 0 Å². The zero-order chi connectivity index (χ0) is 17.2. The molecule has 1 amide bonds. The summed E-state index contributed by atoms with van der Waals surface area (Å²) in [5.41, 5.74) is 1.55. The standard InChI is InChI=1S/C20H30N2O2/c1-4-24-17-13-20(14-17)10-11-22(15-20)19(23)18(21(2)3)12-16-8-6-5-7-9-16/h5-9,17-18H,4,10-15H2,1-3H3. The van der Waals surface area contributed by atoms with Crippen molar-refractivity contribution in [2.24, 2.45) is 5.41 Å². The third-order valence-corrected chi connectivity index (χ3v) is 5.65. The average Bonchev–Trinajstić information content (AvgIpc) is 2.98. The van der Waals surface area contributed by atoms with E-state index in [1.54, 1.807) is 0 Å². The van der Waals surface area contributed by atoms with Crippen molar-refractivity contribution >= 4 is 5.91 Å². The van der Waals surface area contributed by atoms with Gasteiger partial charge in [0.05, 0.1) is 12.1 Å². The maximum Gasteiger partial charge on any atom is 0.240 e. The third kappa shape index (κ3) is 3.65. The zero-order valence-electron chi connectivity index (χ0n) is 15.2. The Morgan fingerprint density at radius 3 is 2.67 bits per heavy atom. The van der Waals surface area contributed by atoms with Crippen molar-refractivity contribution in [2.45, 2.75) is 44.8 Å². The van der Waals surface area contributed by atoms with Crippen LogP contribution in [0.15, 0.2) is 30.3 Å². The monoisotopic (exact) mass is 330 g/mol. The highest BCUT2D eigenvalue weighted by molar-refractivity contribution is 5.82. The molecule has 24 heavy (non-hydrogen) atoms. The summed E-state index contributed by atoms with van der Waals surface area (Å²) in [4.78, 5) is 17.2. The Hall–Kier alpha value is -1.39. The van der Waals surface area contributed by atoms with Gasteiger partial charge in [0.2, 0.25) is 5.91 Å². The molecule has 1 atom stereocenters. The molecule has 1 aromatic rings. The molecule has 0 radical (unpaired) electrons. The van der Waals surface area contributed by atoms with E-state index in [9.17, 15) is 4.79 Å². The minimum atomic E-state index is -0.0784. The predicted octanol–water partition coefficient (Wildman–Crippen LogP) is 2.58. The second kappa shape index (κ2) is 7.24. The SMILES string of the molecule is CCOC1CC2(CCN(C(=O)C(Cc3ccccc3)N(C)C)C2)C1. The molecule has 1 saturated carbocycles. The van der Waals surface area contributed by atoms with E-state index in [2.05, 4.69) is 28.9 Å². The lowest BCUT2D eigenvalue weighted by Gasteiger charge is -2.44. The molecule has 4 nitrogen and oxygen atoms in total. The van der Waals surface area contributed by atoms with Gasteiger partial charge in [-0.25, -0.2) is 0 Å². The maximum atomic E-state index is 13.1. The molecule has 1 heterocycles. The Morgan fingerprint density at radius 1 is 1.33 bits per heavy atom. The summed E-state index contributed by atoms with van der Waals surface area (Å²) in [7, 11) is 4.01. The van der Waals surface area contributed by atoms with Gasteiger partial charge < -0.3 is 9.64 Å².